The zero-order valence-corrected chi connectivity index (χ0v) is 8.11. The standard InChI is InChI=1S/C8H3ClF5NO/c9-6-5(8(12,13)14)4(2-16)3(1-15-6)7(10)11/h1-2,7H. The minimum absolute atomic E-state index is 0.308. The van der Waals surface area contributed by atoms with Gasteiger partial charge in [-0.25, -0.2) is 13.8 Å². The molecule has 2 nitrogen and oxygen atoms in total. The molecule has 0 aliphatic rings. The van der Waals surface area contributed by atoms with Crippen LogP contribution in [0, 0.1) is 0 Å². The third kappa shape index (κ3) is 2.29. The molecule has 0 unspecified atom stereocenters. The lowest BCUT2D eigenvalue weighted by Crippen LogP contribution is -2.13. The first-order valence-corrected chi connectivity index (χ1v) is 4.15. The molecule has 0 spiro atoms. The summed E-state index contributed by atoms with van der Waals surface area (Å²) >= 11 is 5.13. The predicted molar refractivity (Wildman–Crippen MR) is 44.6 cm³/mol. The van der Waals surface area contributed by atoms with Crippen LogP contribution in [0.15, 0.2) is 6.20 Å². The van der Waals surface area contributed by atoms with E-state index < -0.39 is 34.4 Å². The van der Waals surface area contributed by atoms with E-state index >= 15 is 0 Å². The summed E-state index contributed by atoms with van der Waals surface area (Å²) in [7, 11) is 0. The Labute approximate surface area is 91.0 Å². The van der Waals surface area contributed by atoms with Crippen molar-refractivity contribution in [3.05, 3.63) is 28.0 Å². The number of carbonyl (C=O) groups excluding carboxylic acids is 1. The van der Waals surface area contributed by atoms with E-state index in [1.54, 1.807) is 0 Å². The Kier molecular flexibility index (Phi) is 3.47. The zero-order chi connectivity index (χ0) is 12.5. The summed E-state index contributed by atoms with van der Waals surface area (Å²) in [5.74, 6) is 0. The Bertz CT molecular complexity index is 418. The summed E-state index contributed by atoms with van der Waals surface area (Å²) in [5.41, 5.74) is -3.91. The largest absolute Gasteiger partial charge is 0.420 e. The highest BCUT2D eigenvalue weighted by molar-refractivity contribution is 6.30. The van der Waals surface area contributed by atoms with Crippen LogP contribution in [0.5, 0.6) is 0 Å². The smallest absolute Gasteiger partial charge is 0.298 e. The van der Waals surface area contributed by atoms with Gasteiger partial charge in [-0.1, -0.05) is 11.6 Å². The number of alkyl halides is 5. The summed E-state index contributed by atoms with van der Waals surface area (Å²) in [6.45, 7) is 0. The maximum atomic E-state index is 12.4. The van der Waals surface area contributed by atoms with E-state index in [0.717, 1.165) is 0 Å². The fourth-order valence-corrected chi connectivity index (χ4v) is 1.34. The van der Waals surface area contributed by atoms with Crippen LogP contribution in [0.3, 0.4) is 0 Å². The lowest BCUT2D eigenvalue weighted by atomic mass is 10.1. The number of aromatic nitrogens is 1. The minimum atomic E-state index is -5.01. The van der Waals surface area contributed by atoms with E-state index in [-0.39, 0.29) is 6.29 Å². The molecule has 0 fully saturated rings. The normalized spacial score (nSPS) is 11.9. The summed E-state index contributed by atoms with van der Waals surface area (Å²) in [5, 5.41) is -1.03. The first-order valence-electron chi connectivity index (χ1n) is 3.78. The van der Waals surface area contributed by atoms with Gasteiger partial charge in [-0.15, -0.1) is 0 Å². The van der Waals surface area contributed by atoms with Crippen LogP contribution in [-0.2, 0) is 6.18 Å². The molecule has 8 heteroatoms. The summed E-state index contributed by atoms with van der Waals surface area (Å²) < 4.78 is 61.8. The van der Waals surface area contributed by atoms with E-state index in [1.165, 1.54) is 0 Å². The van der Waals surface area contributed by atoms with Crippen LogP contribution in [0.2, 0.25) is 5.15 Å². The molecule has 88 valence electrons. The van der Waals surface area contributed by atoms with Gasteiger partial charge >= 0.3 is 6.18 Å². The number of halogens is 6. The molecule has 1 aromatic rings. The second kappa shape index (κ2) is 4.32. The zero-order valence-electron chi connectivity index (χ0n) is 7.36. The third-order valence-electron chi connectivity index (χ3n) is 1.74. The van der Waals surface area contributed by atoms with Crippen molar-refractivity contribution in [2.45, 2.75) is 12.6 Å². The van der Waals surface area contributed by atoms with Crippen molar-refractivity contribution in [2.75, 3.05) is 0 Å². The molecule has 1 aromatic heterocycles. The van der Waals surface area contributed by atoms with Crippen molar-refractivity contribution in [3.63, 3.8) is 0 Å². The van der Waals surface area contributed by atoms with E-state index in [2.05, 4.69) is 4.98 Å². The molecule has 0 N–H and O–H groups in total. The lowest BCUT2D eigenvalue weighted by Gasteiger charge is -2.13. The van der Waals surface area contributed by atoms with E-state index in [1.807, 2.05) is 0 Å². The van der Waals surface area contributed by atoms with Gasteiger partial charge in [0.2, 0.25) is 0 Å². The molecular formula is C8H3ClF5NO. The number of aldehydes is 1. The Morgan fingerprint density at radius 2 is 1.94 bits per heavy atom. The molecular weight excluding hydrogens is 257 g/mol. The Hall–Kier alpha value is -1.24. The minimum Gasteiger partial charge on any atom is -0.298 e. The van der Waals surface area contributed by atoms with Crippen LogP contribution >= 0.6 is 11.6 Å². The fraction of sp³-hybridized carbons (Fsp3) is 0.250. The number of nitrogens with zero attached hydrogens (tertiary/aromatic N) is 1. The molecule has 0 aromatic carbocycles. The van der Waals surface area contributed by atoms with Crippen LogP contribution < -0.4 is 0 Å². The number of carbonyl (C=O) groups is 1. The molecule has 16 heavy (non-hydrogen) atoms. The van der Waals surface area contributed by atoms with Gasteiger partial charge in [0.05, 0.1) is 0 Å². The molecule has 0 saturated heterocycles. The molecule has 0 aliphatic heterocycles. The van der Waals surface area contributed by atoms with Crippen molar-refractivity contribution < 1.29 is 26.7 Å². The van der Waals surface area contributed by atoms with Gasteiger partial charge in [0.1, 0.15) is 10.7 Å². The molecule has 0 aliphatic carbocycles. The van der Waals surface area contributed by atoms with Gasteiger partial charge in [0.15, 0.2) is 6.29 Å². The van der Waals surface area contributed by atoms with Crippen molar-refractivity contribution in [1.82, 2.24) is 4.98 Å². The molecule has 0 saturated carbocycles. The van der Waals surface area contributed by atoms with Gasteiger partial charge in [-0.05, 0) is 0 Å². The monoisotopic (exact) mass is 259 g/mol. The topological polar surface area (TPSA) is 30.0 Å². The lowest BCUT2D eigenvalue weighted by molar-refractivity contribution is -0.138. The van der Waals surface area contributed by atoms with Crippen LogP contribution in [0.1, 0.15) is 27.9 Å². The number of hydrogen-bond donors (Lipinski definition) is 0. The third-order valence-corrected chi connectivity index (χ3v) is 2.03. The van der Waals surface area contributed by atoms with Crippen LogP contribution in [-0.4, -0.2) is 11.3 Å². The van der Waals surface area contributed by atoms with Crippen LogP contribution in [0.4, 0.5) is 22.0 Å². The summed E-state index contributed by atoms with van der Waals surface area (Å²) in [6, 6.07) is 0. The molecule has 0 atom stereocenters. The maximum absolute atomic E-state index is 12.4. The molecule has 0 amide bonds. The SMILES string of the molecule is O=Cc1c(C(F)F)cnc(Cl)c1C(F)(F)F. The number of pyridine rings is 1. The Balaban J connectivity index is 3.57. The highest BCUT2D eigenvalue weighted by Gasteiger charge is 2.38. The van der Waals surface area contributed by atoms with Gasteiger partial charge in [-0.3, -0.25) is 4.79 Å². The Morgan fingerprint density at radius 1 is 1.38 bits per heavy atom. The van der Waals surface area contributed by atoms with Crippen molar-refractivity contribution in [3.8, 4) is 0 Å². The van der Waals surface area contributed by atoms with Crippen molar-refractivity contribution >= 4 is 17.9 Å². The average Bonchev–Trinajstić information content (AvgIpc) is 2.14. The molecule has 0 radical (unpaired) electrons. The van der Waals surface area contributed by atoms with E-state index in [0.29, 0.717) is 6.20 Å². The van der Waals surface area contributed by atoms with Gasteiger partial charge < -0.3 is 0 Å². The second-order valence-corrected chi connectivity index (χ2v) is 3.07. The maximum Gasteiger partial charge on any atom is 0.420 e. The Morgan fingerprint density at radius 3 is 2.31 bits per heavy atom. The van der Waals surface area contributed by atoms with E-state index in [9.17, 15) is 26.7 Å². The van der Waals surface area contributed by atoms with Gasteiger partial charge in [0.25, 0.3) is 6.43 Å². The first-order chi connectivity index (χ1) is 7.29. The van der Waals surface area contributed by atoms with E-state index in [4.69, 9.17) is 11.6 Å². The number of hydrogen-bond acceptors (Lipinski definition) is 2. The highest BCUT2D eigenvalue weighted by Crippen LogP contribution is 2.38. The fourth-order valence-electron chi connectivity index (χ4n) is 1.09. The molecule has 1 rings (SSSR count). The first kappa shape index (κ1) is 12.8. The van der Waals surface area contributed by atoms with Gasteiger partial charge in [0, 0.05) is 17.3 Å². The second-order valence-electron chi connectivity index (χ2n) is 2.71. The molecule has 1 heterocycles. The predicted octanol–water partition coefficient (Wildman–Crippen LogP) is 3.50. The average molecular weight is 260 g/mol. The van der Waals surface area contributed by atoms with Crippen molar-refractivity contribution in [1.29, 1.82) is 0 Å². The van der Waals surface area contributed by atoms with Crippen molar-refractivity contribution in [2.24, 2.45) is 0 Å². The quantitative estimate of drug-likeness (QED) is 0.462. The highest BCUT2D eigenvalue weighted by atomic mass is 35.5. The summed E-state index contributed by atoms with van der Waals surface area (Å²) in [6.07, 6.45) is -8.10. The number of rotatable bonds is 2. The van der Waals surface area contributed by atoms with Gasteiger partial charge in [-0.2, -0.15) is 13.2 Å². The molecule has 0 bridgehead atoms. The summed E-state index contributed by atoms with van der Waals surface area (Å²) in [4.78, 5) is 13.4. The van der Waals surface area contributed by atoms with Crippen LogP contribution in [0.25, 0.3) is 0 Å².